The predicted molar refractivity (Wildman–Crippen MR) is 127 cm³/mol. The summed E-state index contributed by atoms with van der Waals surface area (Å²) in [4.78, 5) is 8.17. The number of piperidine rings is 1. The number of aromatic nitrogens is 3. The summed E-state index contributed by atoms with van der Waals surface area (Å²) in [6.45, 7) is 10.4. The van der Waals surface area contributed by atoms with Gasteiger partial charge in [-0.15, -0.1) is 0 Å². The number of hydrogen-bond donors (Lipinski definition) is 3. The van der Waals surface area contributed by atoms with E-state index in [9.17, 15) is 5.11 Å². The van der Waals surface area contributed by atoms with Crippen LogP contribution in [0.25, 0.3) is 27.8 Å². The Labute approximate surface area is 183 Å². The molecule has 5 nitrogen and oxygen atoms in total. The fourth-order valence-electron chi connectivity index (χ4n) is 5.09. The third-order valence-corrected chi connectivity index (χ3v) is 6.69. The molecule has 1 aliphatic rings. The maximum atomic E-state index is 10.8. The molecule has 0 saturated carbocycles. The minimum Gasteiger partial charge on any atom is -0.386 e. The molecule has 1 fully saturated rings. The van der Waals surface area contributed by atoms with Gasteiger partial charge in [-0.05, 0) is 80.9 Å². The maximum Gasteiger partial charge on any atom is 0.142 e. The van der Waals surface area contributed by atoms with Crippen LogP contribution in [0.1, 0.15) is 69.1 Å². The van der Waals surface area contributed by atoms with Crippen molar-refractivity contribution >= 4 is 16.6 Å². The van der Waals surface area contributed by atoms with Crippen molar-refractivity contribution in [2.75, 3.05) is 13.1 Å². The molecule has 0 amide bonds. The lowest BCUT2D eigenvalue weighted by molar-refractivity contribution is 0.0796. The summed E-state index contributed by atoms with van der Waals surface area (Å²) >= 11 is 0. The molecular weight excluding hydrogens is 384 g/mol. The van der Waals surface area contributed by atoms with Crippen LogP contribution in [0.2, 0.25) is 0 Å². The van der Waals surface area contributed by atoms with E-state index in [0.717, 1.165) is 35.6 Å². The molecule has 0 aliphatic carbocycles. The Bertz CT molecular complexity index is 1240. The van der Waals surface area contributed by atoms with Crippen molar-refractivity contribution in [1.29, 1.82) is 0 Å². The quantitative estimate of drug-likeness (QED) is 0.423. The molecule has 162 valence electrons. The minimum absolute atomic E-state index is 0.371. The number of H-pyrrole nitrogens is 1. The second kappa shape index (κ2) is 7.50. The van der Waals surface area contributed by atoms with E-state index < -0.39 is 5.60 Å². The fourth-order valence-corrected chi connectivity index (χ4v) is 5.09. The Balaban J connectivity index is 1.70. The largest absolute Gasteiger partial charge is 0.386 e. The minimum atomic E-state index is -0.977. The van der Waals surface area contributed by atoms with Crippen LogP contribution >= 0.6 is 0 Å². The zero-order valence-electron chi connectivity index (χ0n) is 18.9. The number of hydrogen-bond acceptors (Lipinski definition) is 3. The standard InChI is InChI=1S/C26H32N4O/c1-16(2)23-20-13-18(17-7-9-27-10-8-17)5-6-22(20)29-24(23)19-14-21(26(3,4)31)25-28-11-12-30(25)15-19/h5-6,11-17,27,29,31H,7-10H2,1-4H3. The summed E-state index contributed by atoms with van der Waals surface area (Å²) in [5.41, 5.74) is 6.82. The molecule has 4 aromatic rings. The second-order valence-electron chi connectivity index (χ2n) is 9.76. The van der Waals surface area contributed by atoms with Crippen LogP contribution in [-0.4, -0.2) is 32.6 Å². The summed E-state index contributed by atoms with van der Waals surface area (Å²) < 4.78 is 2.01. The second-order valence-corrected chi connectivity index (χ2v) is 9.76. The zero-order chi connectivity index (χ0) is 21.8. The lowest BCUT2D eigenvalue weighted by Gasteiger charge is -2.23. The molecule has 5 heteroatoms. The predicted octanol–water partition coefficient (Wildman–Crippen LogP) is 5.30. The van der Waals surface area contributed by atoms with Gasteiger partial charge in [-0.1, -0.05) is 19.9 Å². The van der Waals surface area contributed by atoms with E-state index >= 15 is 0 Å². The van der Waals surface area contributed by atoms with Crippen LogP contribution < -0.4 is 5.32 Å². The van der Waals surface area contributed by atoms with Crippen LogP contribution in [0.5, 0.6) is 0 Å². The van der Waals surface area contributed by atoms with Crippen molar-refractivity contribution in [3.8, 4) is 11.3 Å². The van der Waals surface area contributed by atoms with Gasteiger partial charge in [-0.2, -0.15) is 0 Å². The van der Waals surface area contributed by atoms with Crippen molar-refractivity contribution in [2.45, 2.75) is 58.0 Å². The van der Waals surface area contributed by atoms with E-state index in [0.29, 0.717) is 11.8 Å². The van der Waals surface area contributed by atoms with Gasteiger partial charge in [0.2, 0.25) is 0 Å². The summed E-state index contributed by atoms with van der Waals surface area (Å²) in [5.74, 6) is 1.00. The number of aromatic amines is 1. The molecule has 0 bridgehead atoms. The molecule has 3 N–H and O–H groups in total. The number of rotatable bonds is 4. The van der Waals surface area contributed by atoms with Crippen LogP contribution in [0, 0.1) is 0 Å². The summed E-state index contributed by atoms with van der Waals surface area (Å²) in [7, 11) is 0. The van der Waals surface area contributed by atoms with Crippen LogP contribution in [0.4, 0.5) is 0 Å². The number of pyridine rings is 1. The van der Waals surface area contributed by atoms with Gasteiger partial charge >= 0.3 is 0 Å². The van der Waals surface area contributed by atoms with Crippen LogP contribution in [-0.2, 0) is 5.60 Å². The van der Waals surface area contributed by atoms with Gasteiger partial charge < -0.3 is 19.8 Å². The summed E-state index contributed by atoms with van der Waals surface area (Å²) in [6, 6.07) is 9.04. The van der Waals surface area contributed by atoms with Crippen molar-refractivity contribution in [2.24, 2.45) is 0 Å². The Hall–Kier alpha value is -2.63. The van der Waals surface area contributed by atoms with E-state index in [1.807, 2.05) is 24.4 Å². The summed E-state index contributed by atoms with van der Waals surface area (Å²) in [6.07, 6.45) is 8.25. The molecule has 31 heavy (non-hydrogen) atoms. The third-order valence-electron chi connectivity index (χ3n) is 6.69. The van der Waals surface area contributed by atoms with Crippen LogP contribution in [0.15, 0.2) is 42.9 Å². The number of aliphatic hydroxyl groups is 1. The highest BCUT2D eigenvalue weighted by Gasteiger charge is 2.24. The van der Waals surface area contributed by atoms with E-state index in [2.05, 4.69) is 59.6 Å². The Kier molecular flexibility index (Phi) is 4.91. The smallest absolute Gasteiger partial charge is 0.142 e. The fraction of sp³-hybridized carbons (Fsp3) is 0.423. The van der Waals surface area contributed by atoms with Crippen molar-refractivity contribution < 1.29 is 5.11 Å². The van der Waals surface area contributed by atoms with Gasteiger partial charge in [-0.25, -0.2) is 4.98 Å². The average Bonchev–Trinajstić information content (AvgIpc) is 3.36. The molecule has 3 aromatic heterocycles. The SMILES string of the molecule is CC(C)c1c(-c2cc(C(C)(C)O)c3nccn3c2)[nH]c2ccc(C3CCNCC3)cc12. The first-order chi connectivity index (χ1) is 14.8. The number of imidazole rings is 1. The Morgan fingerprint density at radius 3 is 2.65 bits per heavy atom. The Morgan fingerprint density at radius 1 is 1.16 bits per heavy atom. The molecule has 0 radical (unpaired) electrons. The normalized spacial score (nSPS) is 16.1. The number of nitrogens with one attached hydrogen (secondary N) is 2. The summed E-state index contributed by atoms with van der Waals surface area (Å²) in [5, 5.41) is 15.6. The number of nitrogens with zero attached hydrogens (tertiary/aromatic N) is 2. The topological polar surface area (TPSA) is 65.3 Å². The third kappa shape index (κ3) is 3.56. The average molecular weight is 417 g/mol. The first kappa shape index (κ1) is 20.3. The van der Waals surface area contributed by atoms with Gasteiger partial charge in [0.25, 0.3) is 0 Å². The van der Waals surface area contributed by atoms with Crippen molar-refractivity contribution in [3.05, 3.63) is 59.5 Å². The molecule has 0 atom stereocenters. The van der Waals surface area contributed by atoms with E-state index in [1.165, 1.54) is 34.9 Å². The molecule has 4 heterocycles. The van der Waals surface area contributed by atoms with Gasteiger partial charge in [0, 0.05) is 40.6 Å². The molecule has 1 aromatic carbocycles. The zero-order valence-corrected chi connectivity index (χ0v) is 18.9. The van der Waals surface area contributed by atoms with Gasteiger partial charge in [0.1, 0.15) is 5.65 Å². The molecule has 0 spiro atoms. The lowest BCUT2D eigenvalue weighted by atomic mass is 9.88. The maximum absolute atomic E-state index is 10.8. The van der Waals surface area contributed by atoms with E-state index in [4.69, 9.17) is 0 Å². The monoisotopic (exact) mass is 416 g/mol. The highest BCUT2D eigenvalue weighted by atomic mass is 16.3. The van der Waals surface area contributed by atoms with Gasteiger partial charge in [0.15, 0.2) is 0 Å². The Morgan fingerprint density at radius 2 is 1.94 bits per heavy atom. The number of fused-ring (bicyclic) bond motifs is 2. The first-order valence-corrected chi connectivity index (χ1v) is 11.4. The molecule has 0 unspecified atom stereocenters. The lowest BCUT2D eigenvalue weighted by Crippen LogP contribution is -2.26. The van der Waals surface area contributed by atoms with Gasteiger partial charge in [-0.3, -0.25) is 0 Å². The highest BCUT2D eigenvalue weighted by Crippen LogP contribution is 2.39. The first-order valence-electron chi connectivity index (χ1n) is 11.4. The van der Waals surface area contributed by atoms with Crippen LogP contribution in [0.3, 0.4) is 0 Å². The molecule has 5 rings (SSSR count). The van der Waals surface area contributed by atoms with Crippen molar-refractivity contribution in [3.63, 3.8) is 0 Å². The van der Waals surface area contributed by atoms with E-state index in [1.54, 1.807) is 6.20 Å². The van der Waals surface area contributed by atoms with E-state index in [-0.39, 0.29) is 0 Å². The molecular formula is C26H32N4O. The molecule has 1 aliphatic heterocycles. The van der Waals surface area contributed by atoms with Crippen molar-refractivity contribution in [1.82, 2.24) is 19.7 Å². The van der Waals surface area contributed by atoms with Gasteiger partial charge in [0.05, 0.1) is 11.3 Å². The highest BCUT2D eigenvalue weighted by molar-refractivity contribution is 5.92. The number of benzene rings is 1. The molecule has 1 saturated heterocycles.